The standard InChI is InChI=1S/C17H16O6/c1-21-13-4-3-9(5-14(13)22-2)11-8-16(20)23-15-7-10(18)6-12(19)17(11)15/h3-7,11,18-19H,8H2,1-2H3. The molecule has 0 saturated carbocycles. The Morgan fingerprint density at radius 2 is 1.83 bits per heavy atom. The van der Waals surface area contributed by atoms with E-state index < -0.39 is 11.9 Å². The van der Waals surface area contributed by atoms with Crippen LogP contribution in [-0.2, 0) is 4.79 Å². The molecule has 2 N–H and O–H groups in total. The summed E-state index contributed by atoms with van der Waals surface area (Å²) in [4.78, 5) is 11.9. The summed E-state index contributed by atoms with van der Waals surface area (Å²) >= 11 is 0. The molecule has 1 unspecified atom stereocenters. The van der Waals surface area contributed by atoms with Crippen molar-refractivity contribution in [2.45, 2.75) is 12.3 Å². The lowest BCUT2D eigenvalue weighted by Gasteiger charge is -2.26. The van der Waals surface area contributed by atoms with Crippen molar-refractivity contribution in [3.8, 4) is 28.7 Å². The highest BCUT2D eigenvalue weighted by Crippen LogP contribution is 2.46. The van der Waals surface area contributed by atoms with Crippen LogP contribution >= 0.6 is 0 Å². The molecule has 2 aromatic carbocycles. The Morgan fingerprint density at radius 3 is 2.52 bits per heavy atom. The number of fused-ring (bicyclic) bond motifs is 1. The number of aromatic hydroxyl groups is 2. The third-order valence-corrected chi connectivity index (χ3v) is 3.86. The zero-order valence-electron chi connectivity index (χ0n) is 12.7. The van der Waals surface area contributed by atoms with Crippen molar-refractivity contribution in [2.24, 2.45) is 0 Å². The fourth-order valence-electron chi connectivity index (χ4n) is 2.82. The monoisotopic (exact) mass is 316 g/mol. The van der Waals surface area contributed by atoms with E-state index in [2.05, 4.69) is 0 Å². The largest absolute Gasteiger partial charge is 0.508 e. The SMILES string of the molecule is COc1ccc(C2CC(=O)Oc3cc(O)cc(O)c32)cc1OC. The zero-order valence-corrected chi connectivity index (χ0v) is 12.7. The number of phenolic OH excluding ortho intramolecular Hbond substituents is 2. The molecule has 2 aromatic rings. The second-order valence-corrected chi connectivity index (χ2v) is 5.22. The lowest BCUT2D eigenvalue weighted by molar-refractivity contribution is -0.135. The van der Waals surface area contributed by atoms with E-state index in [0.717, 1.165) is 5.56 Å². The highest BCUT2D eigenvalue weighted by atomic mass is 16.5. The van der Waals surface area contributed by atoms with Crippen molar-refractivity contribution >= 4 is 5.97 Å². The molecule has 1 aliphatic heterocycles. The summed E-state index contributed by atoms with van der Waals surface area (Å²) < 4.78 is 15.6. The Bertz CT molecular complexity index is 768. The maximum Gasteiger partial charge on any atom is 0.312 e. The molecule has 1 heterocycles. The van der Waals surface area contributed by atoms with Gasteiger partial charge < -0.3 is 24.4 Å². The quantitative estimate of drug-likeness (QED) is 0.668. The van der Waals surface area contributed by atoms with Crippen molar-refractivity contribution in [2.75, 3.05) is 14.2 Å². The summed E-state index contributed by atoms with van der Waals surface area (Å²) in [6.45, 7) is 0. The van der Waals surface area contributed by atoms with Gasteiger partial charge in [-0.3, -0.25) is 4.79 Å². The molecule has 0 amide bonds. The van der Waals surface area contributed by atoms with Crippen molar-refractivity contribution in [3.63, 3.8) is 0 Å². The van der Waals surface area contributed by atoms with E-state index >= 15 is 0 Å². The van der Waals surface area contributed by atoms with Gasteiger partial charge in [0.1, 0.15) is 17.2 Å². The smallest absolute Gasteiger partial charge is 0.312 e. The summed E-state index contributed by atoms with van der Waals surface area (Å²) in [5.41, 5.74) is 1.25. The second-order valence-electron chi connectivity index (χ2n) is 5.22. The number of benzene rings is 2. The normalized spacial score (nSPS) is 16.4. The van der Waals surface area contributed by atoms with Crippen LogP contribution in [0.2, 0.25) is 0 Å². The van der Waals surface area contributed by atoms with Crippen LogP contribution in [0.3, 0.4) is 0 Å². The maximum absolute atomic E-state index is 11.9. The number of esters is 1. The zero-order chi connectivity index (χ0) is 16.6. The third-order valence-electron chi connectivity index (χ3n) is 3.86. The first-order chi connectivity index (χ1) is 11.0. The van der Waals surface area contributed by atoms with E-state index in [1.54, 1.807) is 25.3 Å². The van der Waals surface area contributed by atoms with Crippen LogP contribution in [0.4, 0.5) is 0 Å². The minimum absolute atomic E-state index is 0.0841. The summed E-state index contributed by atoms with van der Waals surface area (Å²) in [5.74, 6) is 0.162. The Kier molecular flexibility index (Phi) is 3.73. The van der Waals surface area contributed by atoms with Crippen LogP contribution in [-0.4, -0.2) is 30.4 Å². The van der Waals surface area contributed by atoms with Crippen LogP contribution in [0.5, 0.6) is 28.7 Å². The van der Waals surface area contributed by atoms with Crippen molar-refractivity contribution in [1.29, 1.82) is 0 Å². The number of carbonyl (C=O) groups is 1. The molecule has 0 aliphatic carbocycles. The van der Waals surface area contributed by atoms with Gasteiger partial charge in [0.15, 0.2) is 11.5 Å². The molecule has 1 atom stereocenters. The molecule has 0 fully saturated rings. The van der Waals surface area contributed by atoms with Crippen LogP contribution in [0, 0.1) is 0 Å². The van der Waals surface area contributed by atoms with Gasteiger partial charge in [0.25, 0.3) is 0 Å². The Hall–Kier alpha value is -2.89. The van der Waals surface area contributed by atoms with Gasteiger partial charge in [0.05, 0.1) is 20.6 Å². The molecular weight excluding hydrogens is 300 g/mol. The van der Waals surface area contributed by atoms with E-state index in [0.29, 0.717) is 17.1 Å². The second kappa shape index (κ2) is 5.72. The molecule has 120 valence electrons. The predicted molar refractivity (Wildman–Crippen MR) is 81.4 cm³/mol. The molecule has 6 nitrogen and oxygen atoms in total. The lowest BCUT2D eigenvalue weighted by atomic mass is 9.85. The van der Waals surface area contributed by atoms with E-state index in [9.17, 15) is 15.0 Å². The fourth-order valence-corrected chi connectivity index (χ4v) is 2.82. The first-order valence-corrected chi connectivity index (χ1v) is 7.02. The highest BCUT2D eigenvalue weighted by molar-refractivity contribution is 5.79. The van der Waals surface area contributed by atoms with Gasteiger partial charge >= 0.3 is 5.97 Å². The predicted octanol–water partition coefficient (Wildman–Crippen LogP) is 2.56. The van der Waals surface area contributed by atoms with Gasteiger partial charge in [0, 0.05) is 23.6 Å². The molecule has 0 spiro atoms. The van der Waals surface area contributed by atoms with Gasteiger partial charge in [-0.1, -0.05) is 6.07 Å². The molecule has 0 aromatic heterocycles. The third kappa shape index (κ3) is 2.63. The first kappa shape index (κ1) is 15.0. The number of rotatable bonds is 3. The lowest BCUT2D eigenvalue weighted by Crippen LogP contribution is -2.21. The number of hydrogen-bond donors (Lipinski definition) is 2. The average molecular weight is 316 g/mol. The van der Waals surface area contributed by atoms with Crippen LogP contribution in [0.25, 0.3) is 0 Å². The average Bonchev–Trinajstić information content (AvgIpc) is 2.52. The van der Waals surface area contributed by atoms with Crippen LogP contribution in [0.15, 0.2) is 30.3 Å². The van der Waals surface area contributed by atoms with Crippen molar-refractivity contribution in [3.05, 3.63) is 41.5 Å². The number of hydrogen-bond acceptors (Lipinski definition) is 6. The van der Waals surface area contributed by atoms with E-state index in [1.807, 2.05) is 0 Å². The topological polar surface area (TPSA) is 85.2 Å². The first-order valence-electron chi connectivity index (χ1n) is 7.02. The Morgan fingerprint density at radius 1 is 1.09 bits per heavy atom. The van der Waals surface area contributed by atoms with Crippen LogP contribution < -0.4 is 14.2 Å². The van der Waals surface area contributed by atoms with E-state index in [4.69, 9.17) is 14.2 Å². The Balaban J connectivity index is 2.13. The molecule has 0 radical (unpaired) electrons. The molecule has 3 rings (SSSR count). The van der Waals surface area contributed by atoms with Crippen molar-refractivity contribution < 1.29 is 29.2 Å². The number of carbonyl (C=O) groups excluding carboxylic acids is 1. The summed E-state index contributed by atoms with van der Waals surface area (Å²) in [7, 11) is 3.07. The highest BCUT2D eigenvalue weighted by Gasteiger charge is 2.32. The van der Waals surface area contributed by atoms with E-state index in [-0.39, 0.29) is 23.7 Å². The van der Waals surface area contributed by atoms with E-state index in [1.165, 1.54) is 19.2 Å². The fraction of sp³-hybridized carbons (Fsp3) is 0.235. The van der Waals surface area contributed by atoms with Gasteiger partial charge in [0.2, 0.25) is 0 Å². The Labute approximate surface area is 132 Å². The van der Waals surface area contributed by atoms with Crippen LogP contribution in [0.1, 0.15) is 23.5 Å². The number of ether oxygens (including phenoxy) is 3. The molecule has 23 heavy (non-hydrogen) atoms. The molecule has 0 saturated heterocycles. The van der Waals surface area contributed by atoms with Gasteiger partial charge in [-0.15, -0.1) is 0 Å². The maximum atomic E-state index is 11.9. The van der Waals surface area contributed by atoms with Crippen molar-refractivity contribution in [1.82, 2.24) is 0 Å². The summed E-state index contributed by atoms with van der Waals surface area (Å²) in [6.07, 6.45) is 0.0841. The number of methoxy groups -OCH3 is 2. The number of phenols is 2. The summed E-state index contributed by atoms with van der Waals surface area (Å²) in [6, 6.07) is 7.86. The molecular formula is C17H16O6. The molecule has 0 bridgehead atoms. The van der Waals surface area contributed by atoms with Gasteiger partial charge in [-0.05, 0) is 17.7 Å². The minimum Gasteiger partial charge on any atom is -0.508 e. The van der Waals surface area contributed by atoms with Gasteiger partial charge in [-0.25, -0.2) is 0 Å². The molecule has 1 aliphatic rings. The molecule has 6 heteroatoms. The minimum atomic E-state index is -0.428. The van der Waals surface area contributed by atoms with Gasteiger partial charge in [-0.2, -0.15) is 0 Å². The summed E-state index contributed by atoms with van der Waals surface area (Å²) in [5, 5.41) is 19.7.